The predicted octanol–water partition coefficient (Wildman–Crippen LogP) is -4.17. The normalized spacial score (nSPS) is 21.7. The monoisotopic (exact) mass is 803 g/mol. The van der Waals surface area contributed by atoms with Crippen molar-refractivity contribution in [1.29, 1.82) is 0 Å². The van der Waals surface area contributed by atoms with Crippen molar-refractivity contribution in [3.63, 3.8) is 0 Å². The Morgan fingerprint density at radius 2 is 0.696 bits per heavy atom. The predicted molar refractivity (Wildman–Crippen MR) is 200 cm³/mol. The van der Waals surface area contributed by atoms with Gasteiger partial charge in [-0.2, -0.15) is 0 Å². The molecule has 0 spiro atoms. The summed E-state index contributed by atoms with van der Waals surface area (Å²) in [6.07, 6.45) is 0. The van der Waals surface area contributed by atoms with Crippen LogP contribution < -0.4 is 5.32 Å². The number of nitrogens with zero attached hydrogens (tertiary/aromatic N) is 8. The maximum Gasteiger partial charge on any atom is 0.317 e. The van der Waals surface area contributed by atoms with Crippen LogP contribution in [-0.2, 0) is 33.6 Å². The van der Waals surface area contributed by atoms with E-state index in [9.17, 15) is 64.2 Å². The van der Waals surface area contributed by atoms with Crippen LogP contribution in [0.5, 0.6) is 0 Å². The van der Waals surface area contributed by atoms with E-state index in [1.54, 1.807) is 29.4 Å². The van der Waals surface area contributed by atoms with Gasteiger partial charge in [-0.25, -0.2) is 0 Å². The first-order valence-electron chi connectivity index (χ1n) is 18.8. The highest BCUT2D eigenvalue weighted by Gasteiger charge is 2.26. The number of amides is 1. The smallest absolute Gasteiger partial charge is 0.317 e. The first-order valence-corrected chi connectivity index (χ1v) is 18.8. The Bertz CT molecular complexity index is 1280. The molecule has 2 fully saturated rings. The number of rotatable bonds is 17. The van der Waals surface area contributed by atoms with Crippen molar-refractivity contribution in [2.45, 2.75) is 25.9 Å². The zero-order valence-corrected chi connectivity index (χ0v) is 32.5. The van der Waals surface area contributed by atoms with Crippen LogP contribution in [0.4, 0.5) is 0 Å². The summed E-state index contributed by atoms with van der Waals surface area (Å²) in [5.74, 6) is -6.60. The Kier molecular flexibility index (Phi) is 21.7. The van der Waals surface area contributed by atoms with Gasteiger partial charge in [0.2, 0.25) is 5.91 Å². The summed E-state index contributed by atoms with van der Waals surface area (Å²) in [7, 11) is 0. The van der Waals surface area contributed by atoms with Gasteiger partial charge in [0, 0.05) is 117 Å². The van der Waals surface area contributed by atoms with E-state index < -0.39 is 41.9 Å². The quantitative estimate of drug-likeness (QED) is 0.0735. The van der Waals surface area contributed by atoms with Crippen LogP contribution in [-0.4, -0.2) is 274 Å². The van der Waals surface area contributed by atoms with Crippen LogP contribution in [0.1, 0.15) is 13.8 Å². The molecule has 22 heteroatoms. The Hall–Kier alpha value is -4.03. The van der Waals surface area contributed by atoms with Gasteiger partial charge >= 0.3 is 35.8 Å². The molecule has 0 aromatic rings. The lowest BCUT2D eigenvalue weighted by Crippen LogP contribution is -2.54. The number of nitrogens with one attached hydrogen (secondary N) is 1. The summed E-state index contributed by atoms with van der Waals surface area (Å²) in [6, 6.07) is -0.654. The molecule has 2 rings (SSSR count). The summed E-state index contributed by atoms with van der Waals surface area (Å²) in [5, 5.41) is 60.0. The zero-order valence-electron chi connectivity index (χ0n) is 32.5. The van der Waals surface area contributed by atoms with E-state index in [1.807, 2.05) is 18.7 Å². The van der Waals surface area contributed by atoms with Gasteiger partial charge in [0.25, 0.3) is 0 Å². The van der Waals surface area contributed by atoms with E-state index in [1.165, 1.54) is 0 Å². The topological polar surface area (TPSA) is 279 Å². The molecule has 22 nitrogen and oxygen atoms in total. The van der Waals surface area contributed by atoms with Gasteiger partial charge in [0.1, 0.15) is 0 Å². The highest BCUT2D eigenvalue weighted by atomic mass is 16.4. The molecule has 0 aromatic heterocycles. The fourth-order valence-electron chi connectivity index (χ4n) is 6.87. The average molecular weight is 804 g/mol. The van der Waals surface area contributed by atoms with Crippen molar-refractivity contribution in [2.75, 3.05) is 151 Å². The van der Waals surface area contributed by atoms with Crippen molar-refractivity contribution < 1.29 is 64.2 Å². The minimum atomic E-state index is -1.05. The fraction of sp³-hybridized carbons (Fsp3) is 0.794. The van der Waals surface area contributed by atoms with Crippen LogP contribution in [0, 0.1) is 0 Å². The van der Waals surface area contributed by atoms with Crippen molar-refractivity contribution in [2.24, 2.45) is 0 Å². The lowest BCUT2D eigenvalue weighted by Gasteiger charge is -2.38. The molecule has 0 bridgehead atoms. The molecule has 2 saturated heterocycles. The van der Waals surface area contributed by atoms with Gasteiger partial charge in [-0.15, -0.1) is 0 Å². The molecule has 7 N–H and O–H groups in total. The number of aliphatic carboxylic acids is 6. The number of carbonyl (C=O) groups excluding carboxylic acids is 1. The van der Waals surface area contributed by atoms with Crippen LogP contribution in [0.2, 0.25) is 0 Å². The third-order valence-electron chi connectivity index (χ3n) is 9.68. The number of carboxylic acids is 6. The Balaban J connectivity index is 2.20. The van der Waals surface area contributed by atoms with Crippen LogP contribution in [0.25, 0.3) is 0 Å². The third kappa shape index (κ3) is 21.3. The molecule has 1 unspecified atom stereocenters. The fourth-order valence-corrected chi connectivity index (χ4v) is 6.87. The zero-order chi connectivity index (χ0) is 41.8. The Morgan fingerprint density at radius 1 is 0.446 bits per heavy atom. The van der Waals surface area contributed by atoms with Gasteiger partial charge in [0.15, 0.2) is 0 Å². The van der Waals surface area contributed by atoms with Gasteiger partial charge in [-0.1, -0.05) is 0 Å². The number of hydrogen-bond acceptors (Lipinski definition) is 15. The molecular weight excluding hydrogens is 742 g/mol. The first-order chi connectivity index (χ1) is 26.4. The second kappa shape index (κ2) is 25.3. The molecule has 2 aliphatic rings. The summed E-state index contributed by atoms with van der Waals surface area (Å²) >= 11 is 0. The number of carbonyl (C=O) groups is 7. The molecule has 0 radical (unpaired) electrons. The molecule has 0 saturated carbocycles. The Labute approximate surface area is 326 Å². The summed E-state index contributed by atoms with van der Waals surface area (Å²) < 4.78 is 0. The SMILES string of the molecule is CC1CN(CC(=O)O)CCN(CC(=O)O)CCN(CC(=O)O)CCN1C[C@H](C)NC(=O)CN1CCN(CC(=O)O)CCN(CC(=O)O)CCN(CC(=O)O)CC1. The lowest BCUT2D eigenvalue weighted by atomic mass is 10.2. The maximum atomic E-state index is 13.5. The lowest BCUT2D eigenvalue weighted by molar-refractivity contribution is -0.140. The minimum Gasteiger partial charge on any atom is -0.480 e. The first kappa shape index (κ1) is 48.1. The van der Waals surface area contributed by atoms with Crippen molar-refractivity contribution in [3.05, 3.63) is 0 Å². The van der Waals surface area contributed by atoms with Gasteiger partial charge in [0.05, 0.1) is 45.8 Å². The van der Waals surface area contributed by atoms with E-state index in [4.69, 9.17) is 0 Å². The van der Waals surface area contributed by atoms with Gasteiger partial charge in [-0.05, 0) is 13.8 Å². The van der Waals surface area contributed by atoms with Gasteiger partial charge < -0.3 is 36.0 Å². The third-order valence-corrected chi connectivity index (χ3v) is 9.68. The molecule has 320 valence electrons. The summed E-state index contributed by atoms with van der Waals surface area (Å²) in [4.78, 5) is 97.1. The largest absolute Gasteiger partial charge is 0.480 e. The number of hydrogen-bond donors (Lipinski definition) is 7. The Morgan fingerprint density at radius 3 is 1.00 bits per heavy atom. The van der Waals surface area contributed by atoms with E-state index in [2.05, 4.69) is 10.2 Å². The van der Waals surface area contributed by atoms with E-state index in [-0.39, 0.29) is 136 Å². The highest BCUT2D eigenvalue weighted by molar-refractivity contribution is 5.78. The summed E-state index contributed by atoms with van der Waals surface area (Å²) in [5.41, 5.74) is 0. The van der Waals surface area contributed by atoms with Crippen molar-refractivity contribution >= 4 is 41.7 Å². The molecule has 2 heterocycles. The minimum absolute atomic E-state index is 0.0710. The van der Waals surface area contributed by atoms with E-state index in [0.29, 0.717) is 26.2 Å². The molecule has 2 atom stereocenters. The van der Waals surface area contributed by atoms with Crippen molar-refractivity contribution in [1.82, 2.24) is 44.5 Å². The molecule has 0 aromatic carbocycles. The average Bonchev–Trinajstić information content (AvgIpc) is 3.06. The summed E-state index contributed by atoms with van der Waals surface area (Å²) in [6.45, 7) is 6.51. The highest BCUT2D eigenvalue weighted by Crippen LogP contribution is 2.09. The molecular formula is C34H61N9O13. The molecule has 0 aliphatic carbocycles. The molecule has 2 aliphatic heterocycles. The van der Waals surface area contributed by atoms with Crippen LogP contribution in [0.15, 0.2) is 0 Å². The van der Waals surface area contributed by atoms with Gasteiger partial charge in [-0.3, -0.25) is 72.8 Å². The second-order valence-corrected chi connectivity index (χ2v) is 14.6. The number of carboxylic acid groups (broad SMARTS) is 6. The van der Waals surface area contributed by atoms with Crippen LogP contribution >= 0.6 is 0 Å². The van der Waals surface area contributed by atoms with E-state index >= 15 is 0 Å². The molecule has 56 heavy (non-hydrogen) atoms. The van der Waals surface area contributed by atoms with E-state index in [0.717, 1.165) is 0 Å². The standard InChI is InChI=1S/C34H61N9O13/c1-26(17-43-16-15-41(24-33(53)54)12-11-40(23-32(51)52)13-14-42(18-27(43)2)25-34(55)56)35-28(44)19-36-3-5-37(20-29(45)46)7-9-39(22-31(49)50)10-8-38(6-4-36)21-30(47)48/h26-27H,3-25H2,1-2H3,(H,35,44)(H,45,46)(H,47,48)(H,49,50)(H,51,52)(H,53,54)(H,55,56)/t26-,27?/m0/s1. The molecule has 1 amide bonds. The second-order valence-electron chi connectivity index (χ2n) is 14.6. The van der Waals surface area contributed by atoms with Crippen LogP contribution in [0.3, 0.4) is 0 Å². The maximum absolute atomic E-state index is 13.5. The van der Waals surface area contributed by atoms with Crippen molar-refractivity contribution in [3.8, 4) is 0 Å².